The van der Waals surface area contributed by atoms with Crippen molar-refractivity contribution in [3.05, 3.63) is 41.7 Å². The highest BCUT2D eigenvalue weighted by atomic mass is 16.1. The second-order valence-corrected chi connectivity index (χ2v) is 3.97. The first-order valence-corrected chi connectivity index (χ1v) is 5.64. The summed E-state index contributed by atoms with van der Waals surface area (Å²) in [5.74, 6) is -0.208. The van der Waals surface area contributed by atoms with Crippen LogP contribution in [0.25, 0.3) is 5.69 Å². The van der Waals surface area contributed by atoms with Crippen LogP contribution in [0.3, 0.4) is 0 Å². The number of nitrogens with one attached hydrogen (secondary N) is 1. The summed E-state index contributed by atoms with van der Waals surface area (Å²) in [6.07, 6.45) is 1.78. The molecule has 0 atom stereocenters. The van der Waals surface area contributed by atoms with Gasteiger partial charge in [0, 0.05) is 0 Å². The molecule has 3 N–H and O–H groups in total. The lowest BCUT2D eigenvalue weighted by Crippen LogP contribution is -2.29. The summed E-state index contributed by atoms with van der Waals surface area (Å²) in [5, 5.41) is 10.6. The summed E-state index contributed by atoms with van der Waals surface area (Å²) < 4.78 is 1.68. The lowest BCUT2D eigenvalue weighted by Gasteiger charge is -2.00. The maximum absolute atomic E-state index is 11.0. The largest absolute Gasteiger partial charge is 0.349 e. The minimum absolute atomic E-state index is 0.0218. The summed E-state index contributed by atoms with van der Waals surface area (Å²) in [6.45, 7) is 2.33. The van der Waals surface area contributed by atoms with Crippen molar-refractivity contribution in [2.75, 3.05) is 6.54 Å². The van der Waals surface area contributed by atoms with Crippen LogP contribution in [-0.4, -0.2) is 27.4 Å². The van der Waals surface area contributed by atoms with Crippen LogP contribution in [0.4, 0.5) is 0 Å². The van der Waals surface area contributed by atoms with Crippen LogP contribution in [0.5, 0.6) is 0 Å². The Bertz CT molecular complexity index is 549. The van der Waals surface area contributed by atoms with Crippen LogP contribution in [0.2, 0.25) is 0 Å². The van der Waals surface area contributed by atoms with Gasteiger partial charge in [0.25, 0.3) is 0 Å². The first-order chi connectivity index (χ1) is 8.69. The lowest BCUT2D eigenvalue weighted by molar-refractivity contribution is -0.119. The molecule has 6 nitrogen and oxygen atoms in total. The number of carbonyl (C=O) groups excluding carboxylic acids is 1. The number of nitrogens with two attached hydrogens (primary N) is 1. The van der Waals surface area contributed by atoms with E-state index in [0.29, 0.717) is 12.2 Å². The van der Waals surface area contributed by atoms with E-state index in [1.54, 1.807) is 10.9 Å². The Labute approximate surface area is 105 Å². The highest BCUT2D eigenvalue weighted by Crippen LogP contribution is 2.08. The molecule has 0 spiro atoms. The third-order valence-corrected chi connectivity index (χ3v) is 2.46. The van der Waals surface area contributed by atoms with Crippen molar-refractivity contribution in [3.8, 4) is 5.69 Å². The van der Waals surface area contributed by atoms with Crippen molar-refractivity contribution in [1.82, 2.24) is 20.3 Å². The quantitative estimate of drug-likeness (QED) is 0.803. The molecule has 0 aliphatic rings. The molecular formula is C12H15N5O. The van der Waals surface area contributed by atoms with Crippen LogP contribution in [0, 0.1) is 6.92 Å². The number of nitrogens with zero attached hydrogens (tertiary/aromatic N) is 3. The molecule has 2 rings (SSSR count). The zero-order valence-corrected chi connectivity index (χ0v) is 10.1. The predicted octanol–water partition coefficient (Wildman–Crippen LogP) is 0.151. The van der Waals surface area contributed by atoms with Gasteiger partial charge in [-0.25, -0.2) is 4.68 Å². The third kappa shape index (κ3) is 2.92. The van der Waals surface area contributed by atoms with Gasteiger partial charge in [0.15, 0.2) is 0 Å². The number of aromatic nitrogens is 3. The molecule has 94 valence electrons. The van der Waals surface area contributed by atoms with Crippen LogP contribution in [0.15, 0.2) is 30.5 Å². The second-order valence-electron chi connectivity index (χ2n) is 3.97. The molecule has 0 unspecified atom stereocenters. The van der Waals surface area contributed by atoms with Gasteiger partial charge in [0.1, 0.15) is 5.69 Å². The molecule has 1 amide bonds. The van der Waals surface area contributed by atoms with Gasteiger partial charge in [0.2, 0.25) is 5.91 Å². The number of benzene rings is 1. The average Bonchev–Trinajstić information content (AvgIpc) is 2.84. The molecule has 0 radical (unpaired) electrons. The van der Waals surface area contributed by atoms with Crippen LogP contribution >= 0.6 is 0 Å². The zero-order valence-electron chi connectivity index (χ0n) is 10.1. The third-order valence-electron chi connectivity index (χ3n) is 2.46. The Morgan fingerprint density at radius 3 is 3.06 bits per heavy atom. The molecule has 0 bridgehead atoms. The van der Waals surface area contributed by atoms with Gasteiger partial charge in [-0.1, -0.05) is 17.3 Å². The van der Waals surface area contributed by atoms with Gasteiger partial charge in [-0.15, -0.1) is 5.10 Å². The van der Waals surface area contributed by atoms with Crippen molar-refractivity contribution >= 4 is 5.91 Å². The second kappa shape index (κ2) is 5.42. The van der Waals surface area contributed by atoms with Crippen LogP contribution < -0.4 is 11.1 Å². The Balaban J connectivity index is 2.08. The first kappa shape index (κ1) is 12.3. The van der Waals surface area contributed by atoms with Crippen LogP contribution in [0.1, 0.15) is 11.3 Å². The summed E-state index contributed by atoms with van der Waals surface area (Å²) in [4.78, 5) is 11.0. The highest BCUT2D eigenvalue weighted by molar-refractivity contribution is 5.77. The van der Waals surface area contributed by atoms with Gasteiger partial charge >= 0.3 is 0 Å². The van der Waals surface area contributed by atoms with Crippen molar-refractivity contribution in [1.29, 1.82) is 0 Å². The SMILES string of the molecule is Cc1cccc(-n2cc(CNC(=O)CN)nn2)c1. The number of hydrogen-bond donors (Lipinski definition) is 2. The average molecular weight is 245 g/mol. The molecule has 6 heteroatoms. The molecule has 0 fully saturated rings. The van der Waals surface area contributed by atoms with Crippen molar-refractivity contribution < 1.29 is 4.79 Å². The van der Waals surface area contributed by atoms with Gasteiger partial charge < -0.3 is 11.1 Å². The predicted molar refractivity (Wildman–Crippen MR) is 67.0 cm³/mol. The number of carbonyl (C=O) groups is 1. The smallest absolute Gasteiger partial charge is 0.234 e. The molecule has 1 aromatic heterocycles. The van der Waals surface area contributed by atoms with Crippen molar-refractivity contribution in [3.63, 3.8) is 0 Å². The first-order valence-electron chi connectivity index (χ1n) is 5.64. The molecule has 0 saturated carbocycles. The van der Waals surface area contributed by atoms with E-state index in [1.165, 1.54) is 0 Å². The molecular weight excluding hydrogens is 230 g/mol. The minimum Gasteiger partial charge on any atom is -0.349 e. The van der Waals surface area contributed by atoms with E-state index >= 15 is 0 Å². The maximum Gasteiger partial charge on any atom is 0.234 e. The van der Waals surface area contributed by atoms with E-state index < -0.39 is 0 Å². The van der Waals surface area contributed by atoms with Crippen molar-refractivity contribution in [2.45, 2.75) is 13.5 Å². The number of rotatable bonds is 4. The fraction of sp³-hybridized carbons (Fsp3) is 0.250. The lowest BCUT2D eigenvalue weighted by atomic mass is 10.2. The highest BCUT2D eigenvalue weighted by Gasteiger charge is 2.04. The van der Waals surface area contributed by atoms with Gasteiger partial charge in [0.05, 0.1) is 25.0 Å². The van der Waals surface area contributed by atoms with Gasteiger partial charge in [-0.2, -0.15) is 0 Å². The Morgan fingerprint density at radius 1 is 1.50 bits per heavy atom. The maximum atomic E-state index is 11.0. The molecule has 1 aromatic carbocycles. The van der Waals surface area contributed by atoms with Gasteiger partial charge in [-0.05, 0) is 24.6 Å². The van der Waals surface area contributed by atoms with E-state index in [-0.39, 0.29) is 12.5 Å². The van der Waals surface area contributed by atoms with E-state index in [1.807, 2.05) is 31.2 Å². The standard InChI is InChI=1S/C12H15N5O/c1-9-3-2-4-11(5-9)17-8-10(15-16-17)7-14-12(18)6-13/h2-5,8H,6-7,13H2,1H3,(H,14,18). The molecule has 0 saturated heterocycles. The molecule has 1 heterocycles. The van der Waals surface area contributed by atoms with E-state index in [2.05, 4.69) is 15.6 Å². The minimum atomic E-state index is -0.208. The summed E-state index contributed by atoms with van der Waals surface area (Å²) in [5.41, 5.74) is 7.99. The molecule has 2 aromatic rings. The van der Waals surface area contributed by atoms with E-state index in [0.717, 1.165) is 11.3 Å². The zero-order chi connectivity index (χ0) is 13.0. The summed E-state index contributed by atoms with van der Waals surface area (Å²) in [6, 6.07) is 7.94. The Hall–Kier alpha value is -2.21. The summed E-state index contributed by atoms with van der Waals surface area (Å²) in [7, 11) is 0. The van der Waals surface area contributed by atoms with Crippen LogP contribution in [-0.2, 0) is 11.3 Å². The fourth-order valence-electron chi connectivity index (χ4n) is 1.54. The van der Waals surface area contributed by atoms with Crippen molar-refractivity contribution in [2.24, 2.45) is 5.73 Å². The van der Waals surface area contributed by atoms with E-state index in [9.17, 15) is 4.79 Å². The topological polar surface area (TPSA) is 85.8 Å². The van der Waals surface area contributed by atoms with Gasteiger partial charge in [-0.3, -0.25) is 4.79 Å². The van der Waals surface area contributed by atoms with E-state index in [4.69, 9.17) is 5.73 Å². The Morgan fingerprint density at radius 2 is 2.33 bits per heavy atom. The summed E-state index contributed by atoms with van der Waals surface area (Å²) >= 11 is 0. The number of hydrogen-bond acceptors (Lipinski definition) is 4. The number of amides is 1. The normalized spacial score (nSPS) is 10.3. The monoisotopic (exact) mass is 245 g/mol. The molecule has 0 aliphatic heterocycles. The fourth-order valence-corrected chi connectivity index (χ4v) is 1.54. The molecule has 0 aliphatic carbocycles. The molecule has 18 heavy (non-hydrogen) atoms. The number of aryl methyl sites for hydroxylation is 1. The Kier molecular flexibility index (Phi) is 3.69.